The fourth-order valence-electron chi connectivity index (χ4n) is 3.07. The number of nitrogens with one attached hydrogen (secondary N) is 1. The van der Waals surface area contributed by atoms with Gasteiger partial charge in [-0.25, -0.2) is 0 Å². The molecule has 1 fully saturated rings. The van der Waals surface area contributed by atoms with Gasteiger partial charge in [-0.15, -0.1) is 0 Å². The van der Waals surface area contributed by atoms with Gasteiger partial charge in [-0.05, 0) is 58.0 Å². The van der Waals surface area contributed by atoms with Gasteiger partial charge in [0.05, 0.1) is 6.10 Å². The van der Waals surface area contributed by atoms with Gasteiger partial charge in [0, 0.05) is 25.2 Å². The molecule has 1 aliphatic heterocycles. The van der Waals surface area contributed by atoms with E-state index in [0.717, 1.165) is 19.6 Å². The number of hydrogen-bond acceptors (Lipinski definition) is 3. The minimum absolute atomic E-state index is 0.345. The van der Waals surface area contributed by atoms with Gasteiger partial charge < -0.3 is 10.1 Å². The molecule has 3 atom stereocenters. The van der Waals surface area contributed by atoms with Crippen molar-refractivity contribution in [3.05, 3.63) is 34.9 Å². The van der Waals surface area contributed by atoms with Crippen molar-refractivity contribution in [1.82, 2.24) is 10.2 Å². The van der Waals surface area contributed by atoms with Crippen molar-refractivity contribution < 1.29 is 4.74 Å². The third-order valence-electron chi connectivity index (χ3n) is 4.65. The maximum Gasteiger partial charge on any atom is 0.0702 e. The summed E-state index contributed by atoms with van der Waals surface area (Å²) >= 11 is 0. The minimum Gasteiger partial charge on any atom is -0.377 e. The Bertz CT molecular complexity index is 447. The summed E-state index contributed by atoms with van der Waals surface area (Å²) in [6.45, 7) is 8.43. The standard InChI is InChI=1S/C17H28N2O/c1-12-6-7-15(10-13(12)2)16(18-4)11-19(5)17-8-9-20-14(17)3/h6-7,10,14,16-18H,8-9,11H2,1-5H3. The Morgan fingerprint density at radius 1 is 1.35 bits per heavy atom. The second kappa shape index (κ2) is 6.70. The highest BCUT2D eigenvalue weighted by atomic mass is 16.5. The van der Waals surface area contributed by atoms with Crippen LogP contribution in [0.4, 0.5) is 0 Å². The summed E-state index contributed by atoms with van der Waals surface area (Å²) in [5.41, 5.74) is 4.09. The Balaban J connectivity index is 2.06. The van der Waals surface area contributed by atoms with Crippen LogP contribution >= 0.6 is 0 Å². The highest BCUT2D eigenvalue weighted by Crippen LogP contribution is 2.22. The van der Waals surface area contributed by atoms with Gasteiger partial charge in [0.25, 0.3) is 0 Å². The SMILES string of the molecule is CNC(CN(C)C1CCOC1C)c1ccc(C)c(C)c1. The van der Waals surface area contributed by atoms with Crippen LogP contribution in [0.1, 0.15) is 36.1 Å². The first-order chi connectivity index (χ1) is 9.52. The molecule has 20 heavy (non-hydrogen) atoms. The molecule has 0 spiro atoms. The van der Waals surface area contributed by atoms with Crippen LogP contribution in [0.5, 0.6) is 0 Å². The van der Waals surface area contributed by atoms with Crippen LogP contribution in [0.15, 0.2) is 18.2 Å². The van der Waals surface area contributed by atoms with E-state index in [1.54, 1.807) is 0 Å². The normalized spacial score (nSPS) is 24.3. The fraction of sp³-hybridized carbons (Fsp3) is 0.647. The number of likely N-dealkylation sites (N-methyl/N-ethyl adjacent to an activating group) is 2. The molecule has 0 bridgehead atoms. The van der Waals surface area contributed by atoms with Gasteiger partial charge in [-0.1, -0.05) is 18.2 Å². The van der Waals surface area contributed by atoms with Gasteiger partial charge in [-0.2, -0.15) is 0 Å². The summed E-state index contributed by atoms with van der Waals surface area (Å²) in [6.07, 6.45) is 1.48. The molecule has 0 saturated carbocycles. The zero-order chi connectivity index (χ0) is 14.7. The van der Waals surface area contributed by atoms with E-state index in [-0.39, 0.29) is 0 Å². The average molecular weight is 276 g/mol. The molecule has 1 heterocycles. The number of rotatable bonds is 5. The van der Waals surface area contributed by atoms with Gasteiger partial charge in [-0.3, -0.25) is 4.90 Å². The van der Waals surface area contributed by atoms with Crippen LogP contribution < -0.4 is 5.32 Å². The van der Waals surface area contributed by atoms with Crippen LogP contribution in [0, 0.1) is 13.8 Å². The van der Waals surface area contributed by atoms with Gasteiger partial charge in [0.2, 0.25) is 0 Å². The topological polar surface area (TPSA) is 24.5 Å². The van der Waals surface area contributed by atoms with Crippen molar-refractivity contribution in [2.75, 3.05) is 27.2 Å². The summed E-state index contributed by atoms with van der Waals surface area (Å²) in [6, 6.07) is 7.67. The van der Waals surface area contributed by atoms with Crippen LogP contribution in [-0.2, 0) is 4.74 Å². The molecule has 1 aromatic rings. The largest absolute Gasteiger partial charge is 0.377 e. The molecule has 3 heteroatoms. The lowest BCUT2D eigenvalue weighted by molar-refractivity contribution is 0.0806. The Hall–Kier alpha value is -0.900. The monoisotopic (exact) mass is 276 g/mol. The number of hydrogen-bond donors (Lipinski definition) is 1. The summed E-state index contributed by atoms with van der Waals surface area (Å²) in [5.74, 6) is 0. The molecule has 1 saturated heterocycles. The Morgan fingerprint density at radius 3 is 2.65 bits per heavy atom. The van der Waals surface area contributed by atoms with Crippen LogP contribution in [0.2, 0.25) is 0 Å². The molecule has 3 nitrogen and oxygen atoms in total. The molecule has 0 aromatic heterocycles. The van der Waals surface area contributed by atoms with E-state index < -0.39 is 0 Å². The molecule has 0 radical (unpaired) electrons. The molecule has 2 rings (SSSR count). The van der Waals surface area contributed by atoms with Crippen LogP contribution in [-0.4, -0.2) is 44.3 Å². The lowest BCUT2D eigenvalue weighted by Crippen LogP contribution is -2.41. The van der Waals surface area contributed by atoms with E-state index in [0.29, 0.717) is 18.2 Å². The van der Waals surface area contributed by atoms with Crippen LogP contribution in [0.25, 0.3) is 0 Å². The van der Waals surface area contributed by atoms with Crippen LogP contribution in [0.3, 0.4) is 0 Å². The van der Waals surface area contributed by atoms with E-state index in [2.05, 4.69) is 56.2 Å². The van der Waals surface area contributed by atoms with Crippen molar-refractivity contribution in [3.8, 4) is 0 Å². The molecule has 1 aromatic carbocycles. The van der Waals surface area contributed by atoms with Crippen molar-refractivity contribution in [2.45, 2.75) is 45.4 Å². The Kier molecular flexibility index (Phi) is 5.19. The molecular weight excluding hydrogens is 248 g/mol. The summed E-state index contributed by atoms with van der Waals surface area (Å²) in [7, 11) is 4.25. The third-order valence-corrected chi connectivity index (χ3v) is 4.65. The first kappa shape index (κ1) is 15.5. The molecule has 1 N–H and O–H groups in total. The van der Waals surface area contributed by atoms with E-state index >= 15 is 0 Å². The lowest BCUT2D eigenvalue weighted by Gasteiger charge is -2.30. The van der Waals surface area contributed by atoms with Crippen molar-refractivity contribution >= 4 is 0 Å². The van der Waals surface area contributed by atoms with Crippen molar-refractivity contribution in [3.63, 3.8) is 0 Å². The first-order valence-electron chi connectivity index (χ1n) is 7.59. The molecule has 0 aliphatic carbocycles. The lowest BCUT2D eigenvalue weighted by atomic mass is 10.00. The van der Waals surface area contributed by atoms with E-state index in [9.17, 15) is 0 Å². The maximum atomic E-state index is 5.68. The smallest absolute Gasteiger partial charge is 0.0702 e. The molecular formula is C17H28N2O. The van der Waals surface area contributed by atoms with Gasteiger partial charge >= 0.3 is 0 Å². The van der Waals surface area contributed by atoms with E-state index in [4.69, 9.17) is 4.74 Å². The first-order valence-corrected chi connectivity index (χ1v) is 7.59. The average Bonchev–Trinajstić information content (AvgIpc) is 2.85. The van der Waals surface area contributed by atoms with Gasteiger partial charge in [0.15, 0.2) is 0 Å². The third kappa shape index (κ3) is 3.40. The number of nitrogens with zero attached hydrogens (tertiary/aromatic N) is 1. The molecule has 1 aliphatic rings. The Labute approximate surface area is 123 Å². The second-order valence-electron chi connectivity index (χ2n) is 6.06. The molecule has 3 unspecified atom stereocenters. The zero-order valence-corrected chi connectivity index (χ0v) is 13.4. The highest BCUT2D eigenvalue weighted by molar-refractivity contribution is 5.31. The summed E-state index contributed by atoms with van der Waals surface area (Å²) in [4.78, 5) is 2.44. The number of ether oxygens (including phenoxy) is 1. The van der Waals surface area contributed by atoms with Gasteiger partial charge in [0.1, 0.15) is 0 Å². The van der Waals surface area contributed by atoms with Crippen molar-refractivity contribution in [1.29, 1.82) is 0 Å². The second-order valence-corrected chi connectivity index (χ2v) is 6.06. The fourth-order valence-corrected chi connectivity index (χ4v) is 3.07. The van der Waals surface area contributed by atoms with E-state index in [1.807, 2.05) is 7.05 Å². The summed E-state index contributed by atoms with van der Waals surface area (Å²) < 4.78 is 5.68. The predicted octanol–water partition coefficient (Wildman–Crippen LogP) is 2.67. The summed E-state index contributed by atoms with van der Waals surface area (Å²) in [5, 5.41) is 3.45. The number of aryl methyl sites for hydroxylation is 2. The molecule has 112 valence electrons. The van der Waals surface area contributed by atoms with Crippen molar-refractivity contribution in [2.24, 2.45) is 0 Å². The highest BCUT2D eigenvalue weighted by Gasteiger charge is 2.29. The number of benzene rings is 1. The maximum absolute atomic E-state index is 5.68. The quantitative estimate of drug-likeness (QED) is 0.895. The molecule has 0 amide bonds. The Morgan fingerprint density at radius 2 is 2.10 bits per heavy atom. The predicted molar refractivity (Wildman–Crippen MR) is 84.2 cm³/mol. The zero-order valence-electron chi connectivity index (χ0n) is 13.4. The minimum atomic E-state index is 0.345. The van der Waals surface area contributed by atoms with E-state index in [1.165, 1.54) is 16.7 Å².